The van der Waals surface area contributed by atoms with Gasteiger partial charge < -0.3 is 9.30 Å². The number of imidazole rings is 1. The van der Waals surface area contributed by atoms with Crippen LogP contribution in [0.3, 0.4) is 0 Å². The fourth-order valence-electron chi connectivity index (χ4n) is 1.02. The van der Waals surface area contributed by atoms with Gasteiger partial charge in [-0.3, -0.25) is 0 Å². The van der Waals surface area contributed by atoms with E-state index in [1.165, 1.54) is 0 Å². The van der Waals surface area contributed by atoms with Crippen molar-refractivity contribution in [2.75, 3.05) is 12.9 Å². The third kappa shape index (κ3) is 3.40. The first-order chi connectivity index (χ1) is 6.24. The molecule has 1 unspecified atom stereocenters. The molecule has 3 nitrogen and oxygen atoms in total. The van der Waals surface area contributed by atoms with Crippen molar-refractivity contribution in [3.63, 3.8) is 0 Å². The molecule has 0 bridgehead atoms. The number of aromatic nitrogens is 2. The van der Waals surface area contributed by atoms with Crippen molar-refractivity contribution in [1.29, 1.82) is 0 Å². The van der Waals surface area contributed by atoms with Gasteiger partial charge in [-0.15, -0.1) is 11.8 Å². The molecule has 13 heavy (non-hydrogen) atoms. The van der Waals surface area contributed by atoms with Crippen molar-refractivity contribution in [1.82, 2.24) is 9.55 Å². The number of rotatable bonds is 5. The van der Waals surface area contributed by atoms with E-state index in [4.69, 9.17) is 4.74 Å². The van der Waals surface area contributed by atoms with E-state index in [1.807, 2.05) is 30.3 Å². The zero-order valence-electron chi connectivity index (χ0n) is 8.36. The molecule has 0 N–H and O–H groups in total. The quantitative estimate of drug-likeness (QED) is 0.677. The highest BCUT2D eigenvalue weighted by atomic mass is 32.2. The Balaban J connectivity index is 2.24. The molecule has 0 saturated heterocycles. The summed E-state index contributed by atoms with van der Waals surface area (Å²) in [6, 6.07) is 0. The van der Waals surface area contributed by atoms with Crippen LogP contribution in [-0.2, 0) is 18.2 Å². The summed E-state index contributed by atoms with van der Waals surface area (Å²) >= 11 is 1.72. The van der Waals surface area contributed by atoms with E-state index in [-0.39, 0.29) is 5.44 Å². The van der Waals surface area contributed by atoms with E-state index in [0.29, 0.717) is 0 Å². The van der Waals surface area contributed by atoms with Crippen molar-refractivity contribution in [3.8, 4) is 0 Å². The molecule has 1 rings (SSSR count). The van der Waals surface area contributed by atoms with E-state index in [2.05, 4.69) is 11.9 Å². The number of aryl methyl sites for hydroxylation is 1. The van der Waals surface area contributed by atoms with E-state index < -0.39 is 0 Å². The lowest BCUT2D eigenvalue weighted by atomic mass is 10.4. The number of thioether (sulfide) groups is 1. The molecule has 0 aliphatic heterocycles. The molecule has 0 aromatic carbocycles. The van der Waals surface area contributed by atoms with Gasteiger partial charge in [-0.1, -0.05) is 0 Å². The van der Waals surface area contributed by atoms with Gasteiger partial charge in [0, 0.05) is 25.9 Å². The molecule has 0 spiro atoms. The Labute approximate surface area is 83.5 Å². The lowest BCUT2D eigenvalue weighted by Gasteiger charge is -2.09. The number of ether oxygens (including phenoxy) is 1. The highest BCUT2D eigenvalue weighted by Gasteiger charge is 2.01. The van der Waals surface area contributed by atoms with Gasteiger partial charge in [-0.05, 0) is 13.2 Å². The van der Waals surface area contributed by atoms with Crippen LogP contribution in [0.25, 0.3) is 0 Å². The summed E-state index contributed by atoms with van der Waals surface area (Å²) in [6.45, 7) is 2.80. The number of hydrogen-bond donors (Lipinski definition) is 0. The maximum absolute atomic E-state index is 5.53. The molecule has 0 radical (unpaired) electrons. The molecule has 0 amide bonds. The van der Waals surface area contributed by atoms with Crippen LogP contribution < -0.4 is 0 Å². The highest BCUT2D eigenvalue weighted by Crippen LogP contribution is 2.07. The largest absolute Gasteiger partial charge is 0.367 e. The second kappa shape index (κ2) is 5.29. The third-order valence-corrected chi connectivity index (χ3v) is 2.73. The first kappa shape index (κ1) is 10.6. The van der Waals surface area contributed by atoms with E-state index >= 15 is 0 Å². The molecule has 1 aromatic rings. The second-order valence-corrected chi connectivity index (χ2v) is 4.01. The van der Waals surface area contributed by atoms with Crippen molar-refractivity contribution in [3.05, 3.63) is 18.2 Å². The maximum atomic E-state index is 5.53. The Morgan fingerprint density at radius 3 is 3.00 bits per heavy atom. The Bertz CT molecular complexity index is 250. The summed E-state index contributed by atoms with van der Waals surface area (Å²) in [6.07, 6.45) is 6.69. The van der Waals surface area contributed by atoms with Crippen LogP contribution in [0.2, 0.25) is 0 Å². The molecule has 1 atom stereocenters. The second-order valence-electron chi connectivity index (χ2n) is 2.88. The van der Waals surface area contributed by atoms with Crippen LogP contribution in [0.4, 0.5) is 0 Å². The van der Waals surface area contributed by atoms with E-state index in [1.54, 1.807) is 11.8 Å². The van der Waals surface area contributed by atoms with Crippen molar-refractivity contribution >= 4 is 11.8 Å². The van der Waals surface area contributed by atoms with Gasteiger partial charge >= 0.3 is 0 Å². The van der Waals surface area contributed by atoms with Gasteiger partial charge in [-0.25, -0.2) is 4.98 Å². The van der Waals surface area contributed by atoms with Crippen molar-refractivity contribution in [2.45, 2.75) is 18.8 Å². The molecular weight excluding hydrogens is 184 g/mol. The third-order valence-electron chi connectivity index (χ3n) is 1.93. The topological polar surface area (TPSA) is 27.1 Å². The van der Waals surface area contributed by atoms with Gasteiger partial charge in [0.05, 0.1) is 12.0 Å². The van der Waals surface area contributed by atoms with E-state index in [9.17, 15) is 0 Å². The summed E-state index contributed by atoms with van der Waals surface area (Å²) in [5, 5.41) is 0. The lowest BCUT2D eigenvalue weighted by Crippen LogP contribution is -2.08. The van der Waals surface area contributed by atoms with Gasteiger partial charge in [-0.2, -0.15) is 0 Å². The molecule has 74 valence electrons. The summed E-state index contributed by atoms with van der Waals surface area (Å²) in [4.78, 5) is 4.21. The zero-order valence-corrected chi connectivity index (χ0v) is 9.17. The first-order valence-electron chi connectivity index (χ1n) is 4.34. The maximum Gasteiger partial charge on any atom is 0.110 e. The molecule has 0 aliphatic rings. The average molecular weight is 200 g/mol. The van der Waals surface area contributed by atoms with Crippen molar-refractivity contribution < 1.29 is 4.74 Å². The smallest absolute Gasteiger partial charge is 0.110 e. The fourth-order valence-corrected chi connectivity index (χ4v) is 1.25. The van der Waals surface area contributed by atoms with Crippen molar-refractivity contribution in [2.24, 2.45) is 7.05 Å². The highest BCUT2D eigenvalue weighted by molar-refractivity contribution is 7.99. The Kier molecular flexibility index (Phi) is 4.32. The normalized spacial score (nSPS) is 13.2. The Morgan fingerprint density at radius 2 is 2.46 bits per heavy atom. The summed E-state index contributed by atoms with van der Waals surface area (Å²) in [5.74, 6) is 1.08. The van der Waals surface area contributed by atoms with Crippen LogP contribution in [0.1, 0.15) is 12.7 Å². The standard InChI is InChI=1S/C9H16N2OS/c1-8(13-3)12-7-4-9-10-5-6-11(9)2/h5-6,8H,4,7H2,1-3H3. The molecular formula is C9H16N2OS. The molecule has 0 aliphatic carbocycles. The van der Waals surface area contributed by atoms with Gasteiger partial charge in [0.1, 0.15) is 5.82 Å². The first-order valence-corrected chi connectivity index (χ1v) is 5.63. The van der Waals surface area contributed by atoms with Gasteiger partial charge in [0.25, 0.3) is 0 Å². The minimum absolute atomic E-state index is 0.278. The average Bonchev–Trinajstić information content (AvgIpc) is 2.52. The predicted molar refractivity (Wildman–Crippen MR) is 55.8 cm³/mol. The van der Waals surface area contributed by atoms with Crippen LogP contribution in [0, 0.1) is 0 Å². The minimum atomic E-state index is 0.278. The van der Waals surface area contributed by atoms with Crippen LogP contribution in [-0.4, -0.2) is 27.8 Å². The minimum Gasteiger partial charge on any atom is -0.367 e. The molecule has 0 saturated carbocycles. The van der Waals surface area contributed by atoms with Gasteiger partial charge in [0.2, 0.25) is 0 Å². The molecule has 1 heterocycles. The van der Waals surface area contributed by atoms with Gasteiger partial charge in [0.15, 0.2) is 0 Å². The Hall–Kier alpha value is -0.480. The summed E-state index contributed by atoms with van der Waals surface area (Å²) in [5.41, 5.74) is 0.278. The molecule has 1 aromatic heterocycles. The molecule has 4 heteroatoms. The SMILES string of the molecule is CSC(C)OCCc1nccn1C. The van der Waals surface area contributed by atoms with Crippen LogP contribution in [0.5, 0.6) is 0 Å². The van der Waals surface area contributed by atoms with Crippen LogP contribution >= 0.6 is 11.8 Å². The van der Waals surface area contributed by atoms with E-state index in [0.717, 1.165) is 18.9 Å². The molecule has 0 fully saturated rings. The predicted octanol–water partition coefficient (Wildman–Crippen LogP) is 1.69. The Morgan fingerprint density at radius 1 is 1.69 bits per heavy atom. The number of hydrogen-bond acceptors (Lipinski definition) is 3. The lowest BCUT2D eigenvalue weighted by molar-refractivity contribution is 0.125. The monoisotopic (exact) mass is 200 g/mol. The summed E-state index contributed by atoms with van der Waals surface area (Å²) < 4.78 is 7.55. The number of nitrogens with zero attached hydrogens (tertiary/aromatic N) is 2. The fraction of sp³-hybridized carbons (Fsp3) is 0.667. The summed E-state index contributed by atoms with van der Waals surface area (Å²) in [7, 11) is 2.00. The van der Waals surface area contributed by atoms with Crippen LogP contribution in [0.15, 0.2) is 12.4 Å². The zero-order chi connectivity index (χ0) is 9.68.